The van der Waals surface area contributed by atoms with E-state index in [2.05, 4.69) is 16.8 Å². The number of hydrogen-bond donors (Lipinski definition) is 1. The zero-order valence-corrected chi connectivity index (χ0v) is 10.1. The highest BCUT2D eigenvalue weighted by Crippen LogP contribution is 2.28. The molecule has 4 nitrogen and oxygen atoms in total. The van der Waals surface area contributed by atoms with E-state index in [1.54, 1.807) is 12.3 Å². The molecule has 1 N–H and O–H groups in total. The van der Waals surface area contributed by atoms with Crippen molar-refractivity contribution < 1.29 is 9.90 Å². The van der Waals surface area contributed by atoms with Crippen molar-refractivity contribution in [2.75, 3.05) is 18.0 Å². The van der Waals surface area contributed by atoms with E-state index >= 15 is 0 Å². The zero-order valence-electron chi connectivity index (χ0n) is 10.1. The van der Waals surface area contributed by atoms with Crippen LogP contribution in [0, 0.1) is 5.92 Å². The summed E-state index contributed by atoms with van der Waals surface area (Å²) < 4.78 is 0. The Labute approximate surface area is 101 Å². The summed E-state index contributed by atoms with van der Waals surface area (Å²) in [4.78, 5) is 16.9. The molecule has 1 heterocycles. The van der Waals surface area contributed by atoms with Crippen LogP contribution in [0.5, 0.6) is 0 Å². The van der Waals surface area contributed by atoms with Gasteiger partial charge in [0.1, 0.15) is 5.69 Å². The summed E-state index contributed by atoms with van der Waals surface area (Å²) in [5.74, 6) is -0.192. The minimum Gasteiger partial charge on any atom is -0.477 e. The van der Waals surface area contributed by atoms with Crippen LogP contribution in [0.25, 0.3) is 0 Å². The summed E-state index contributed by atoms with van der Waals surface area (Å²) in [5, 5.41) is 8.92. The maximum atomic E-state index is 10.9. The smallest absolute Gasteiger partial charge is 0.354 e. The van der Waals surface area contributed by atoms with Gasteiger partial charge in [0, 0.05) is 25.0 Å². The van der Waals surface area contributed by atoms with Crippen LogP contribution < -0.4 is 4.90 Å². The number of carbonyl (C=O) groups is 1. The molecule has 17 heavy (non-hydrogen) atoms. The van der Waals surface area contributed by atoms with Crippen molar-refractivity contribution in [2.24, 2.45) is 5.92 Å². The third-order valence-electron chi connectivity index (χ3n) is 3.41. The highest BCUT2D eigenvalue weighted by molar-refractivity contribution is 5.86. The SMILES string of the molecule is CCN(CC1CCC1)c1ccnc(C(=O)O)c1. The topological polar surface area (TPSA) is 53.4 Å². The van der Waals surface area contributed by atoms with Crippen LogP contribution in [0.2, 0.25) is 0 Å². The molecule has 0 bridgehead atoms. The number of hydrogen-bond acceptors (Lipinski definition) is 3. The first-order valence-corrected chi connectivity index (χ1v) is 6.15. The lowest BCUT2D eigenvalue weighted by Gasteiger charge is -2.33. The Bertz CT molecular complexity index is 402. The van der Waals surface area contributed by atoms with Crippen molar-refractivity contribution in [1.29, 1.82) is 0 Å². The lowest BCUT2D eigenvalue weighted by atomic mass is 9.85. The molecule has 0 unspecified atom stereocenters. The minimum atomic E-state index is -0.966. The monoisotopic (exact) mass is 234 g/mol. The molecule has 4 heteroatoms. The Morgan fingerprint density at radius 1 is 1.59 bits per heavy atom. The molecule has 1 aliphatic rings. The summed E-state index contributed by atoms with van der Waals surface area (Å²) in [6, 6.07) is 3.54. The van der Waals surface area contributed by atoms with E-state index in [-0.39, 0.29) is 5.69 Å². The van der Waals surface area contributed by atoms with E-state index in [0.717, 1.165) is 24.7 Å². The largest absolute Gasteiger partial charge is 0.477 e. The van der Waals surface area contributed by atoms with Gasteiger partial charge in [0.25, 0.3) is 0 Å². The molecule has 1 saturated carbocycles. The van der Waals surface area contributed by atoms with Crippen LogP contribution in [0.1, 0.15) is 36.7 Å². The molecule has 0 aliphatic heterocycles. The van der Waals surface area contributed by atoms with Crippen molar-refractivity contribution >= 4 is 11.7 Å². The fraction of sp³-hybridized carbons (Fsp3) is 0.538. The lowest BCUT2D eigenvalue weighted by Crippen LogP contribution is -2.32. The minimum absolute atomic E-state index is 0.120. The number of aromatic carboxylic acids is 1. The summed E-state index contributed by atoms with van der Waals surface area (Å²) in [6.07, 6.45) is 5.50. The predicted molar refractivity (Wildman–Crippen MR) is 66.4 cm³/mol. The molecule has 1 fully saturated rings. The third kappa shape index (κ3) is 2.75. The molecule has 1 aromatic heterocycles. The molecule has 0 spiro atoms. The molecule has 0 amide bonds. The summed E-state index contributed by atoms with van der Waals surface area (Å²) >= 11 is 0. The van der Waals surface area contributed by atoms with Gasteiger partial charge >= 0.3 is 5.97 Å². The number of pyridine rings is 1. The van der Waals surface area contributed by atoms with Crippen molar-refractivity contribution in [3.63, 3.8) is 0 Å². The van der Waals surface area contributed by atoms with Gasteiger partial charge in [-0.15, -0.1) is 0 Å². The first kappa shape index (κ1) is 11.9. The summed E-state index contributed by atoms with van der Waals surface area (Å²) in [5.41, 5.74) is 1.08. The van der Waals surface area contributed by atoms with Crippen LogP contribution in [0.15, 0.2) is 18.3 Å². The number of aromatic nitrogens is 1. The highest BCUT2D eigenvalue weighted by Gasteiger charge is 2.20. The van der Waals surface area contributed by atoms with Crippen LogP contribution in [-0.2, 0) is 0 Å². The predicted octanol–water partition coefficient (Wildman–Crippen LogP) is 2.41. The molecule has 1 aromatic rings. The average molecular weight is 234 g/mol. The van der Waals surface area contributed by atoms with Gasteiger partial charge < -0.3 is 10.0 Å². The molecule has 2 rings (SSSR count). The number of rotatable bonds is 5. The van der Waals surface area contributed by atoms with Gasteiger partial charge in [0.15, 0.2) is 0 Å². The van der Waals surface area contributed by atoms with Crippen LogP contribution >= 0.6 is 0 Å². The Morgan fingerprint density at radius 2 is 2.35 bits per heavy atom. The van der Waals surface area contributed by atoms with Crippen LogP contribution in [0.3, 0.4) is 0 Å². The fourth-order valence-electron chi connectivity index (χ4n) is 2.14. The Kier molecular flexibility index (Phi) is 3.61. The van der Waals surface area contributed by atoms with Gasteiger partial charge in [0.2, 0.25) is 0 Å². The normalized spacial score (nSPS) is 15.4. The van der Waals surface area contributed by atoms with E-state index in [4.69, 9.17) is 5.11 Å². The van der Waals surface area contributed by atoms with E-state index < -0.39 is 5.97 Å². The van der Waals surface area contributed by atoms with E-state index in [1.807, 2.05) is 6.07 Å². The highest BCUT2D eigenvalue weighted by atomic mass is 16.4. The van der Waals surface area contributed by atoms with Gasteiger partial charge in [0.05, 0.1) is 0 Å². The fourth-order valence-corrected chi connectivity index (χ4v) is 2.14. The number of anilines is 1. The Morgan fingerprint density at radius 3 is 2.88 bits per heavy atom. The van der Waals surface area contributed by atoms with Crippen LogP contribution in [-0.4, -0.2) is 29.1 Å². The second-order valence-electron chi connectivity index (χ2n) is 4.54. The second-order valence-corrected chi connectivity index (χ2v) is 4.54. The Balaban J connectivity index is 2.11. The maximum absolute atomic E-state index is 10.9. The lowest BCUT2D eigenvalue weighted by molar-refractivity contribution is 0.0690. The number of carboxylic acids is 1. The molecule has 0 saturated heterocycles. The third-order valence-corrected chi connectivity index (χ3v) is 3.41. The van der Waals surface area contributed by atoms with Crippen molar-refractivity contribution in [2.45, 2.75) is 26.2 Å². The molecule has 0 atom stereocenters. The van der Waals surface area contributed by atoms with Crippen molar-refractivity contribution in [1.82, 2.24) is 4.98 Å². The molecule has 0 radical (unpaired) electrons. The first-order valence-electron chi connectivity index (χ1n) is 6.15. The Hall–Kier alpha value is -1.58. The molecule has 1 aliphatic carbocycles. The average Bonchev–Trinajstić information content (AvgIpc) is 2.28. The molecular formula is C13H18N2O2. The van der Waals surface area contributed by atoms with Crippen molar-refractivity contribution in [3.8, 4) is 0 Å². The van der Waals surface area contributed by atoms with Gasteiger partial charge in [-0.25, -0.2) is 9.78 Å². The van der Waals surface area contributed by atoms with Crippen LogP contribution in [0.4, 0.5) is 5.69 Å². The number of nitrogens with zero attached hydrogens (tertiary/aromatic N) is 2. The van der Waals surface area contributed by atoms with Gasteiger partial charge in [-0.2, -0.15) is 0 Å². The van der Waals surface area contributed by atoms with Crippen molar-refractivity contribution in [3.05, 3.63) is 24.0 Å². The van der Waals surface area contributed by atoms with Gasteiger partial charge in [-0.3, -0.25) is 0 Å². The second kappa shape index (κ2) is 5.17. The standard InChI is InChI=1S/C13H18N2O2/c1-2-15(9-10-4-3-5-10)11-6-7-14-12(8-11)13(16)17/h6-8,10H,2-5,9H2,1H3,(H,16,17). The number of carboxylic acid groups (broad SMARTS) is 1. The van der Waals surface area contributed by atoms with E-state index in [9.17, 15) is 4.79 Å². The molecule has 0 aromatic carbocycles. The van der Waals surface area contributed by atoms with Gasteiger partial charge in [-0.05, 0) is 37.8 Å². The summed E-state index contributed by atoms with van der Waals surface area (Å²) in [7, 11) is 0. The quantitative estimate of drug-likeness (QED) is 0.850. The molecule has 92 valence electrons. The molecular weight excluding hydrogens is 216 g/mol. The van der Waals surface area contributed by atoms with E-state index in [1.165, 1.54) is 19.3 Å². The van der Waals surface area contributed by atoms with Gasteiger partial charge in [-0.1, -0.05) is 6.42 Å². The summed E-state index contributed by atoms with van der Waals surface area (Å²) in [6.45, 7) is 4.03. The van der Waals surface area contributed by atoms with E-state index in [0.29, 0.717) is 0 Å². The zero-order chi connectivity index (χ0) is 12.3. The maximum Gasteiger partial charge on any atom is 0.354 e. The first-order chi connectivity index (χ1) is 8.20.